The van der Waals surface area contributed by atoms with E-state index in [4.69, 9.17) is 10.00 Å². The number of hydrogen-bond donors (Lipinski definition) is 2. The minimum absolute atomic E-state index is 0.0714. The molecule has 1 amide bonds. The summed E-state index contributed by atoms with van der Waals surface area (Å²) in [7, 11) is 0. The summed E-state index contributed by atoms with van der Waals surface area (Å²) in [6.45, 7) is 1.46. The van der Waals surface area contributed by atoms with Crippen molar-refractivity contribution in [2.75, 3.05) is 18.4 Å². The van der Waals surface area contributed by atoms with Crippen molar-refractivity contribution in [3.63, 3.8) is 0 Å². The van der Waals surface area contributed by atoms with Crippen LogP contribution in [-0.4, -0.2) is 29.8 Å². The Morgan fingerprint density at radius 3 is 2.71 bits per heavy atom. The summed E-state index contributed by atoms with van der Waals surface area (Å²) < 4.78 is 45.2. The molecule has 2 N–H and O–H groups in total. The molecule has 10 heteroatoms. The zero-order valence-corrected chi connectivity index (χ0v) is 18.1. The predicted molar refractivity (Wildman–Crippen MR) is 124 cm³/mol. The van der Waals surface area contributed by atoms with E-state index in [1.165, 1.54) is 24.3 Å². The second-order valence-corrected chi connectivity index (χ2v) is 7.40. The molecule has 1 aromatic heterocycles. The van der Waals surface area contributed by atoms with E-state index in [-0.39, 0.29) is 5.69 Å². The molecule has 0 aliphatic carbocycles. The fourth-order valence-corrected chi connectivity index (χ4v) is 3.30. The van der Waals surface area contributed by atoms with Crippen LogP contribution in [0.1, 0.15) is 22.4 Å². The topological polar surface area (TPSA) is 99.4 Å². The molecule has 1 aliphatic heterocycles. The molecule has 0 radical (unpaired) electrons. The quantitative estimate of drug-likeness (QED) is 0.499. The average molecular weight is 477 g/mol. The van der Waals surface area contributed by atoms with E-state index in [1.54, 1.807) is 42.6 Å². The van der Waals surface area contributed by atoms with Gasteiger partial charge in [0.15, 0.2) is 0 Å². The number of nitrogens with one attached hydrogen (secondary N) is 2. The largest absolute Gasteiger partial charge is 0.457 e. The van der Waals surface area contributed by atoms with Crippen molar-refractivity contribution < 1.29 is 22.7 Å². The van der Waals surface area contributed by atoms with Crippen molar-refractivity contribution in [3.05, 3.63) is 89.3 Å². The Morgan fingerprint density at radius 1 is 1.14 bits per heavy atom. The summed E-state index contributed by atoms with van der Waals surface area (Å²) >= 11 is 0. The SMILES string of the molecule is N#Cc1ccc(NC(=O)C=Cc2cccc(Oc3ccnc(C4=NCCN4)c3)c2)cc1C(F)(F)F. The van der Waals surface area contributed by atoms with Gasteiger partial charge in [-0.3, -0.25) is 14.8 Å². The molecule has 2 aromatic carbocycles. The minimum atomic E-state index is -4.71. The summed E-state index contributed by atoms with van der Waals surface area (Å²) in [6.07, 6.45) is -0.391. The fraction of sp³-hybridized carbons (Fsp3) is 0.120. The van der Waals surface area contributed by atoms with Gasteiger partial charge in [0, 0.05) is 30.6 Å². The van der Waals surface area contributed by atoms with Gasteiger partial charge in [0.05, 0.1) is 23.7 Å². The van der Waals surface area contributed by atoms with Crippen molar-refractivity contribution in [2.45, 2.75) is 6.18 Å². The van der Waals surface area contributed by atoms with Crippen LogP contribution in [0.15, 0.2) is 71.9 Å². The molecule has 2 heterocycles. The molecule has 35 heavy (non-hydrogen) atoms. The summed E-state index contributed by atoms with van der Waals surface area (Å²) in [5.74, 6) is 1.17. The van der Waals surface area contributed by atoms with Gasteiger partial charge in [0.25, 0.3) is 0 Å². The lowest BCUT2D eigenvalue weighted by atomic mass is 10.1. The van der Waals surface area contributed by atoms with Crippen LogP contribution in [0.5, 0.6) is 11.5 Å². The van der Waals surface area contributed by atoms with Crippen LogP contribution >= 0.6 is 0 Å². The van der Waals surface area contributed by atoms with Crippen LogP contribution in [0.3, 0.4) is 0 Å². The van der Waals surface area contributed by atoms with Crippen LogP contribution < -0.4 is 15.4 Å². The van der Waals surface area contributed by atoms with Crippen molar-refractivity contribution >= 4 is 23.5 Å². The number of hydrogen-bond acceptors (Lipinski definition) is 6. The first-order valence-corrected chi connectivity index (χ1v) is 10.4. The van der Waals surface area contributed by atoms with Crippen molar-refractivity contribution in [1.29, 1.82) is 5.26 Å². The maximum Gasteiger partial charge on any atom is 0.417 e. The number of nitrogens with zero attached hydrogens (tertiary/aromatic N) is 3. The number of halogens is 3. The third-order valence-electron chi connectivity index (χ3n) is 4.88. The lowest BCUT2D eigenvalue weighted by molar-refractivity contribution is -0.137. The van der Waals surface area contributed by atoms with Gasteiger partial charge in [-0.1, -0.05) is 12.1 Å². The number of pyridine rings is 1. The second-order valence-electron chi connectivity index (χ2n) is 7.40. The monoisotopic (exact) mass is 477 g/mol. The van der Waals surface area contributed by atoms with Gasteiger partial charge in [-0.15, -0.1) is 0 Å². The second kappa shape index (κ2) is 10.1. The third-order valence-corrected chi connectivity index (χ3v) is 4.88. The molecule has 0 atom stereocenters. The van der Waals surface area contributed by atoms with Crippen molar-refractivity contribution in [1.82, 2.24) is 10.3 Å². The number of carbonyl (C=O) groups excluding carboxylic acids is 1. The number of nitriles is 1. The van der Waals surface area contributed by atoms with Gasteiger partial charge in [-0.25, -0.2) is 0 Å². The summed E-state index contributed by atoms with van der Waals surface area (Å²) in [5.41, 5.74) is -0.384. The fourth-order valence-electron chi connectivity index (χ4n) is 3.30. The predicted octanol–water partition coefficient (Wildman–Crippen LogP) is 4.77. The van der Waals surface area contributed by atoms with Crippen molar-refractivity contribution in [3.8, 4) is 17.6 Å². The Balaban J connectivity index is 1.43. The number of rotatable bonds is 6. The summed E-state index contributed by atoms with van der Waals surface area (Å²) in [6, 6.07) is 14.9. The highest BCUT2D eigenvalue weighted by Crippen LogP contribution is 2.33. The van der Waals surface area contributed by atoms with Gasteiger partial charge in [-0.05, 0) is 48.0 Å². The maximum absolute atomic E-state index is 13.1. The molecule has 4 rings (SSSR count). The number of amides is 1. The molecule has 7 nitrogen and oxygen atoms in total. The summed E-state index contributed by atoms with van der Waals surface area (Å²) in [5, 5.41) is 14.4. The molecular weight excluding hydrogens is 459 g/mol. The van der Waals surface area contributed by atoms with E-state index in [1.807, 2.05) is 0 Å². The zero-order valence-electron chi connectivity index (χ0n) is 18.1. The van der Waals surface area contributed by atoms with E-state index in [0.29, 0.717) is 35.1 Å². The number of carbonyl (C=O) groups is 1. The maximum atomic E-state index is 13.1. The Morgan fingerprint density at radius 2 is 1.97 bits per heavy atom. The molecule has 1 aliphatic rings. The third kappa shape index (κ3) is 6.03. The highest BCUT2D eigenvalue weighted by atomic mass is 19.4. The average Bonchev–Trinajstić information content (AvgIpc) is 3.38. The Kier molecular flexibility index (Phi) is 6.78. The Bertz CT molecular complexity index is 1360. The Hall–Kier alpha value is -4.65. The molecule has 0 fully saturated rings. The van der Waals surface area contributed by atoms with E-state index >= 15 is 0 Å². The highest BCUT2D eigenvalue weighted by Gasteiger charge is 2.33. The first-order chi connectivity index (χ1) is 16.8. The first kappa shape index (κ1) is 23.5. The lowest BCUT2D eigenvalue weighted by Gasteiger charge is -2.11. The molecule has 0 spiro atoms. The smallest absolute Gasteiger partial charge is 0.417 e. The molecule has 176 valence electrons. The first-order valence-electron chi connectivity index (χ1n) is 10.4. The van der Waals surface area contributed by atoms with E-state index in [0.717, 1.165) is 18.7 Å². The number of alkyl halides is 3. The number of anilines is 1. The van der Waals surface area contributed by atoms with Crippen LogP contribution in [0.4, 0.5) is 18.9 Å². The molecule has 0 bridgehead atoms. The van der Waals surface area contributed by atoms with Gasteiger partial charge in [0.1, 0.15) is 23.0 Å². The highest BCUT2D eigenvalue weighted by molar-refractivity contribution is 6.02. The number of amidine groups is 1. The number of aromatic nitrogens is 1. The van der Waals surface area contributed by atoms with Gasteiger partial charge >= 0.3 is 6.18 Å². The van der Waals surface area contributed by atoms with Crippen LogP contribution in [0, 0.1) is 11.3 Å². The van der Waals surface area contributed by atoms with E-state index < -0.39 is 23.2 Å². The standard InChI is InChI=1S/C25H18F3N5O2/c26-25(27,28)21-13-18(6-5-17(21)15-29)33-23(34)7-4-16-2-1-3-19(12-16)35-20-8-9-30-22(14-20)24-31-10-11-32-24/h1-9,12-14H,10-11H2,(H,31,32)(H,33,34). The molecule has 0 saturated carbocycles. The molecular formula is C25H18F3N5O2. The van der Waals surface area contributed by atoms with Crippen LogP contribution in [0.25, 0.3) is 6.08 Å². The number of ether oxygens (including phenoxy) is 1. The van der Waals surface area contributed by atoms with Crippen LogP contribution in [-0.2, 0) is 11.0 Å². The van der Waals surface area contributed by atoms with Gasteiger partial charge in [-0.2, -0.15) is 18.4 Å². The van der Waals surface area contributed by atoms with Gasteiger partial charge in [0.2, 0.25) is 5.91 Å². The normalized spacial score (nSPS) is 13.1. The lowest BCUT2D eigenvalue weighted by Crippen LogP contribution is -2.20. The molecule has 0 unspecified atom stereocenters. The molecule has 0 saturated heterocycles. The number of aliphatic imine (C=N–C) groups is 1. The van der Waals surface area contributed by atoms with Crippen molar-refractivity contribution in [2.24, 2.45) is 4.99 Å². The number of benzene rings is 2. The van der Waals surface area contributed by atoms with Gasteiger partial charge < -0.3 is 15.4 Å². The minimum Gasteiger partial charge on any atom is -0.457 e. The van der Waals surface area contributed by atoms with E-state index in [9.17, 15) is 18.0 Å². The van der Waals surface area contributed by atoms with Crippen LogP contribution in [0.2, 0.25) is 0 Å². The summed E-state index contributed by atoms with van der Waals surface area (Å²) in [4.78, 5) is 20.9. The van der Waals surface area contributed by atoms with E-state index in [2.05, 4.69) is 20.6 Å². The Labute approximate surface area is 198 Å². The zero-order chi connectivity index (χ0) is 24.8. The molecule has 3 aromatic rings.